The van der Waals surface area contributed by atoms with E-state index in [1.54, 1.807) is 22.5 Å². The second kappa shape index (κ2) is 6.28. The molecule has 0 radical (unpaired) electrons. The van der Waals surface area contributed by atoms with E-state index in [2.05, 4.69) is 11.4 Å². The summed E-state index contributed by atoms with van der Waals surface area (Å²) < 4.78 is 27.7. The molecule has 4 rings (SSSR count). The maximum atomic E-state index is 13.1. The molecule has 25 heavy (non-hydrogen) atoms. The third kappa shape index (κ3) is 3.07. The fourth-order valence-corrected chi connectivity index (χ4v) is 5.01. The van der Waals surface area contributed by atoms with Crippen molar-refractivity contribution in [3.63, 3.8) is 0 Å². The lowest BCUT2D eigenvalue weighted by atomic mass is 10.0. The van der Waals surface area contributed by atoms with Crippen LogP contribution in [0.15, 0.2) is 47.4 Å². The molecule has 0 unspecified atom stereocenters. The molecule has 0 atom stereocenters. The van der Waals surface area contributed by atoms with Crippen LogP contribution in [0.3, 0.4) is 0 Å². The predicted octanol–water partition coefficient (Wildman–Crippen LogP) is 2.71. The quantitative estimate of drug-likeness (QED) is 0.900. The van der Waals surface area contributed by atoms with Crippen LogP contribution in [-0.2, 0) is 34.2 Å². The highest BCUT2D eigenvalue weighted by molar-refractivity contribution is 7.89. The fraction of sp³-hybridized carbons (Fsp3) is 0.316. The van der Waals surface area contributed by atoms with Crippen LogP contribution in [0, 0.1) is 0 Å². The first kappa shape index (κ1) is 16.3. The average molecular weight is 356 g/mol. The third-order valence-electron chi connectivity index (χ3n) is 4.93. The van der Waals surface area contributed by atoms with E-state index in [9.17, 15) is 13.2 Å². The summed E-state index contributed by atoms with van der Waals surface area (Å²) in [6.45, 7) is 0.902. The van der Waals surface area contributed by atoms with Crippen LogP contribution in [0.1, 0.15) is 29.5 Å². The van der Waals surface area contributed by atoms with E-state index in [1.165, 1.54) is 5.56 Å². The van der Waals surface area contributed by atoms with Crippen LogP contribution in [-0.4, -0.2) is 25.2 Å². The van der Waals surface area contributed by atoms with Crippen LogP contribution in [0.5, 0.6) is 0 Å². The molecule has 0 spiro atoms. The summed E-state index contributed by atoms with van der Waals surface area (Å²) in [4.78, 5) is 12.0. The maximum Gasteiger partial charge on any atom is 0.243 e. The van der Waals surface area contributed by atoms with Gasteiger partial charge in [0.1, 0.15) is 0 Å². The molecule has 2 aromatic rings. The normalized spacial score (nSPS) is 18.0. The fourth-order valence-electron chi connectivity index (χ4n) is 3.54. The van der Waals surface area contributed by atoms with Gasteiger partial charge in [0.25, 0.3) is 0 Å². The van der Waals surface area contributed by atoms with Crippen molar-refractivity contribution in [3.8, 4) is 0 Å². The van der Waals surface area contributed by atoms with Crippen LogP contribution in [0.4, 0.5) is 5.69 Å². The van der Waals surface area contributed by atoms with Crippen molar-refractivity contribution in [3.05, 3.63) is 59.2 Å². The van der Waals surface area contributed by atoms with Gasteiger partial charge in [0.2, 0.25) is 15.9 Å². The highest BCUT2D eigenvalue weighted by Crippen LogP contribution is 2.29. The molecule has 1 N–H and O–H groups in total. The van der Waals surface area contributed by atoms with Crippen molar-refractivity contribution in [2.24, 2.45) is 0 Å². The number of anilines is 1. The van der Waals surface area contributed by atoms with E-state index >= 15 is 0 Å². The molecule has 0 saturated heterocycles. The molecule has 2 aliphatic rings. The van der Waals surface area contributed by atoms with Gasteiger partial charge in [-0.3, -0.25) is 4.79 Å². The lowest BCUT2D eigenvalue weighted by molar-refractivity contribution is -0.116. The first-order valence-corrected chi connectivity index (χ1v) is 9.98. The third-order valence-corrected chi connectivity index (χ3v) is 6.78. The van der Waals surface area contributed by atoms with E-state index in [0.29, 0.717) is 30.8 Å². The summed E-state index contributed by atoms with van der Waals surface area (Å²) in [5.74, 6) is -0.0120. The van der Waals surface area contributed by atoms with Crippen molar-refractivity contribution >= 4 is 21.6 Å². The van der Waals surface area contributed by atoms with Gasteiger partial charge in [-0.15, -0.1) is 0 Å². The van der Waals surface area contributed by atoms with Gasteiger partial charge in [-0.05, 0) is 54.2 Å². The Kier molecular flexibility index (Phi) is 4.09. The second-order valence-electron chi connectivity index (χ2n) is 6.58. The molecule has 0 bridgehead atoms. The van der Waals surface area contributed by atoms with Crippen LogP contribution >= 0.6 is 0 Å². The molecule has 0 fully saturated rings. The summed E-state index contributed by atoms with van der Waals surface area (Å²) in [7, 11) is -3.54. The lowest BCUT2D eigenvalue weighted by Gasteiger charge is -2.28. The number of rotatable bonds is 2. The van der Waals surface area contributed by atoms with Crippen molar-refractivity contribution in [2.45, 2.75) is 37.1 Å². The lowest BCUT2D eigenvalue weighted by Crippen LogP contribution is -2.36. The molecule has 0 aromatic heterocycles. The Balaban J connectivity index is 1.65. The van der Waals surface area contributed by atoms with Gasteiger partial charge in [0.15, 0.2) is 0 Å². The molecule has 2 aliphatic heterocycles. The van der Waals surface area contributed by atoms with Crippen LogP contribution in [0.2, 0.25) is 0 Å². The van der Waals surface area contributed by atoms with Crippen molar-refractivity contribution in [1.82, 2.24) is 4.31 Å². The molecular weight excluding hydrogens is 336 g/mol. The number of nitrogens with zero attached hydrogens (tertiary/aromatic N) is 1. The first-order chi connectivity index (χ1) is 12.0. The van der Waals surface area contributed by atoms with E-state index in [0.717, 1.165) is 29.7 Å². The molecule has 130 valence electrons. The minimum atomic E-state index is -3.54. The van der Waals surface area contributed by atoms with Crippen molar-refractivity contribution < 1.29 is 13.2 Å². The van der Waals surface area contributed by atoms with Gasteiger partial charge in [0.05, 0.1) is 4.90 Å². The molecule has 0 saturated carbocycles. The number of benzene rings is 2. The number of hydrogen-bond donors (Lipinski definition) is 1. The Morgan fingerprint density at radius 3 is 2.56 bits per heavy atom. The summed E-state index contributed by atoms with van der Waals surface area (Å²) in [5, 5.41) is 2.85. The van der Waals surface area contributed by atoms with Gasteiger partial charge >= 0.3 is 0 Å². The molecule has 2 heterocycles. The standard InChI is InChI=1S/C19H20N2O3S/c22-19-7-3-6-15-12-17(8-9-18(15)20-19)25(23,24)21-11-10-14-4-1-2-5-16(14)13-21/h1-2,4-5,8-9,12H,3,6-7,10-11,13H2,(H,20,22). The predicted molar refractivity (Wildman–Crippen MR) is 95.8 cm³/mol. The van der Waals surface area contributed by atoms with Gasteiger partial charge in [-0.1, -0.05) is 24.3 Å². The first-order valence-electron chi connectivity index (χ1n) is 8.54. The van der Waals surface area contributed by atoms with E-state index in [4.69, 9.17) is 0 Å². The molecule has 6 heteroatoms. The Hall–Kier alpha value is -2.18. The highest BCUT2D eigenvalue weighted by Gasteiger charge is 2.29. The van der Waals surface area contributed by atoms with Crippen molar-refractivity contribution in [1.29, 1.82) is 0 Å². The SMILES string of the molecule is O=C1CCCc2cc(S(=O)(=O)N3CCc4ccccc4C3)ccc2N1. The van der Waals surface area contributed by atoms with Gasteiger partial charge < -0.3 is 5.32 Å². The maximum absolute atomic E-state index is 13.1. The molecule has 5 nitrogen and oxygen atoms in total. The van der Waals surface area contributed by atoms with Crippen molar-refractivity contribution in [2.75, 3.05) is 11.9 Å². The number of fused-ring (bicyclic) bond motifs is 2. The largest absolute Gasteiger partial charge is 0.326 e. The van der Waals surface area contributed by atoms with Crippen LogP contribution < -0.4 is 5.32 Å². The summed E-state index contributed by atoms with van der Waals surface area (Å²) in [6.07, 6.45) is 2.65. The Morgan fingerprint density at radius 1 is 0.920 bits per heavy atom. The Morgan fingerprint density at radius 2 is 1.72 bits per heavy atom. The zero-order chi connectivity index (χ0) is 17.4. The Bertz CT molecular complexity index is 937. The number of nitrogens with one attached hydrogen (secondary N) is 1. The molecule has 2 aromatic carbocycles. The molecular formula is C19H20N2O3S. The monoisotopic (exact) mass is 356 g/mol. The minimum absolute atomic E-state index is 0.0120. The number of aryl methyl sites for hydroxylation is 1. The van der Waals surface area contributed by atoms with E-state index in [1.807, 2.05) is 18.2 Å². The van der Waals surface area contributed by atoms with E-state index < -0.39 is 10.0 Å². The number of carbonyl (C=O) groups excluding carboxylic acids is 1. The number of hydrogen-bond acceptors (Lipinski definition) is 3. The number of carbonyl (C=O) groups is 1. The smallest absolute Gasteiger partial charge is 0.243 e. The van der Waals surface area contributed by atoms with Crippen LogP contribution in [0.25, 0.3) is 0 Å². The zero-order valence-electron chi connectivity index (χ0n) is 13.9. The zero-order valence-corrected chi connectivity index (χ0v) is 14.7. The van der Waals surface area contributed by atoms with E-state index in [-0.39, 0.29) is 5.91 Å². The topological polar surface area (TPSA) is 66.5 Å². The summed E-state index contributed by atoms with van der Waals surface area (Å²) >= 11 is 0. The molecule has 0 aliphatic carbocycles. The summed E-state index contributed by atoms with van der Waals surface area (Å²) in [5.41, 5.74) is 3.91. The number of sulfonamides is 1. The van der Waals surface area contributed by atoms with Gasteiger partial charge in [0, 0.05) is 25.2 Å². The molecule has 1 amide bonds. The second-order valence-corrected chi connectivity index (χ2v) is 8.52. The average Bonchev–Trinajstić information content (AvgIpc) is 2.81. The number of amides is 1. The summed E-state index contributed by atoms with van der Waals surface area (Å²) in [6, 6.07) is 13.0. The van der Waals surface area contributed by atoms with Gasteiger partial charge in [-0.2, -0.15) is 4.31 Å². The van der Waals surface area contributed by atoms with Gasteiger partial charge in [-0.25, -0.2) is 8.42 Å². The highest BCUT2D eigenvalue weighted by atomic mass is 32.2. The minimum Gasteiger partial charge on any atom is -0.326 e. The Labute approximate surface area is 147 Å².